The van der Waals surface area contributed by atoms with Crippen molar-refractivity contribution in [1.82, 2.24) is 10.2 Å². The predicted octanol–water partition coefficient (Wildman–Crippen LogP) is -0.238. The molecule has 10 heavy (non-hydrogen) atoms. The number of rotatable bonds is 1. The summed E-state index contributed by atoms with van der Waals surface area (Å²) in [4.78, 5) is 2.33. The molecule has 0 aromatic carbocycles. The van der Waals surface area contributed by atoms with Crippen LogP contribution < -0.4 is 5.32 Å². The Balaban J connectivity index is 1.85. The second kappa shape index (κ2) is 2.60. The molecule has 3 heteroatoms. The first kappa shape index (κ1) is 6.19. The monoisotopic (exact) mass is 140 g/mol. The van der Waals surface area contributed by atoms with E-state index in [0.29, 0.717) is 0 Å². The minimum atomic E-state index is 0.280. The molecule has 3 nitrogen and oxygen atoms in total. The second-order valence-corrected chi connectivity index (χ2v) is 2.64. The Morgan fingerprint density at radius 3 is 2.60 bits per heavy atom. The standard InChI is InChI=1S/C7H12N2O/c1-6-10-7(1)9-4-2-8-3-5-9/h1,6-8H,2-5H2. The highest BCUT2D eigenvalue weighted by Crippen LogP contribution is 2.12. The molecule has 0 amide bonds. The SMILES string of the molecule is C1=CC(N2CCNCC2)O1. The summed E-state index contributed by atoms with van der Waals surface area (Å²) in [6.45, 7) is 4.39. The van der Waals surface area contributed by atoms with Gasteiger partial charge in [0, 0.05) is 32.3 Å². The van der Waals surface area contributed by atoms with Crippen LogP contribution in [-0.2, 0) is 4.74 Å². The predicted molar refractivity (Wildman–Crippen MR) is 38.5 cm³/mol. The zero-order chi connectivity index (χ0) is 6.81. The number of ether oxygens (including phenoxy) is 1. The van der Waals surface area contributed by atoms with E-state index in [4.69, 9.17) is 4.74 Å². The van der Waals surface area contributed by atoms with Crippen molar-refractivity contribution < 1.29 is 4.74 Å². The lowest BCUT2D eigenvalue weighted by Crippen LogP contribution is -2.49. The Kier molecular flexibility index (Phi) is 1.61. The third kappa shape index (κ3) is 1.02. The maximum absolute atomic E-state index is 5.19. The zero-order valence-electron chi connectivity index (χ0n) is 5.92. The highest BCUT2D eigenvalue weighted by Gasteiger charge is 2.21. The van der Waals surface area contributed by atoms with E-state index in [1.165, 1.54) is 0 Å². The Bertz CT molecular complexity index is 141. The summed E-state index contributed by atoms with van der Waals surface area (Å²) < 4.78 is 5.19. The van der Waals surface area contributed by atoms with Gasteiger partial charge < -0.3 is 10.1 Å². The van der Waals surface area contributed by atoms with E-state index < -0.39 is 0 Å². The molecule has 2 rings (SSSR count). The Morgan fingerprint density at radius 2 is 2.10 bits per heavy atom. The average Bonchev–Trinajstić information content (AvgIpc) is 1.86. The number of nitrogens with one attached hydrogen (secondary N) is 1. The Labute approximate surface area is 60.7 Å². The van der Waals surface area contributed by atoms with E-state index in [1.54, 1.807) is 6.26 Å². The van der Waals surface area contributed by atoms with Crippen molar-refractivity contribution in [1.29, 1.82) is 0 Å². The summed E-state index contributed by atoms with van der Waals surface area (Å²) in [5.41, 5.74) is 0. The molecule has 0 radical (unpaired) electrons. The first-order valence-corrected chi connectivity index (χ1v) is 3.74. The largest absolute Gasteiger partial charge is 0.479 e. The van der Waals surface area contributed by atoms with Crippen LogP contribution in [0.4, 0.5) is 0 Å². The fourth-order valence-corrected chi connectivity index (χ4v) is 1.29. The molecule has 0 saturated carbocycles. The van der Waals surface area contributed by atoms with Gasteiger partial charge in [-0.15, -0.1) is 0 Å². The molecule has 1 saturated heterocycles. The molecule has 2 aliphatic rings. The van der Waals surface area contributed by atoms with Gasteiger partial charge in [-0.1, -0.05) is 0 Å². The third-order valence-electron chi connectivity index (χ3n) is 1.97. The van der Waals surface area contributed by atoms with Gasteiger partial charge in [0.15, 0.2) is 6.23 Å². The van der Waals surface area contributed by atoms with Gasteiger partial charge >= 0.3 is 0 Å². The van der Waals surface area contributed by atoms with E-state index in [9.17, 15) is 0 Å². The fraction of sp³-hybridized carbons (Fsp3) is 0.714. The summed E-state index contributed by atoms with van der Waals surface area (Å²) in [7, 11) is 0. The molecular formula is C7H12N2O. The Morgan fingerprint density at radius 1 is 1.40 bits per heavy atom. The molecule has 1 unspecified atom stereocenters. The van der Waals surface area contributed by atoms with Crippen molar-refractivity contribution >= 4 is 0 Å². The van der Waals surface area contributed by atoms with Gasteiger partial charge in [-0.25, -0.2) is 0 Å². The molecule has 0 aliphatic carbocycles. The van der Waals surface area contributed by atoms with Crippen molar-refractivity contribution in [2.45, 2.75) is 6.23 Å². The van der Waals surface area contributed by atoms with Crippen LogP contribution in [0.15, 0.2) is 12.3 Å². The topological polar surface area (TPSA) is 24.5 Å². The van der Waals surface area contributed by atoms with E-state index in [0.717, 1.165) is 26.2 Å². The fourth-order valence-electron chi connectivity index (χ4n) is 1.29. The molecule has 0 aromatic heterocycles. The summed E-state index contributed by atoms with van der Waals surface area (Å²) in [5.74, 6) is 0. The molecule has 2 aliphatic heterocycles. The number of nitrogens with zero attached hydrogens (tertiary/aromatic N) is 1. The lowest BCUT2D eigenvalue weighted by molar-refractivity contribution is -0.0116. The molecular weight excluding hydrogens is 128 g/mol. The Hall–Kier alpha value is -0.540. The number of hydrogen-bond donors (Lipinski definition) is 1. The quantitative estimate of drug-likeness (QED) is 0.544. The van der Waals surface area contributed by atoms with Crippen molar-refractivity contribution in [3.63, 3.8) is 0 Å². The van der Waals surface area contributed by atoms with E-state index in [-0.39, 0.29) is 6.23 Å². The normalized spacial score (nSPS) is 33.0. The van der Waals surface area contributed by atoms with Crippen LogP contribution in [0, 0.1) is 0 Å². The molecule has 0 bridgehead atoms. The number of hydrogen-bond acceptors (Lipinski definition) is 3. The minimum absolute atomic E-state index is 0.280. The van der Waals surface area contributed by atoms with Gasteiger partial charge in [0.1, 0.15) is 0 Å². The lowest BCUT2D eigenvalue weighted by Gasteiger charge is -2.35. The minimum Gasteiger partial charge on any atom is -0.479 e. The van der Waals surface area contributed by atoms with Crippen LogP contribution in [0.25, 0.3) is 0 Å². The van der Waals surface area contributed by atoms with Crippen LogP contribution in [0.3, 0.4) is 0 Å². The average molecular weight is 140 g/mol. The lowest BCUT2D eigenvalue weighted by atomic mass is 10.3. The molecule has 0 aromatic rings. The molecule has 1 fully saturated rings. The van der Waals surface area contributed by atoms with Crippen LogP contribution in [0.2, 0.25) is 0 Å². The maximum atomic E-state index is 5.19. The van der Waals surface area contributed by atoms with Crippen LogP contribution in [0.1, 0.15) is 0 Å². The van der Waals surface area contributed by atoms with Gasteiger partial charge in [-0.05, 0) is 0 Å². The summed E-state index contributed by atoms with van der Waals surface area (Å²) in [6, 6.07) is 0. The molecule has 0 spiro atoms. The molecule has 56 valence electrons. The van der Waals surface area contributed by atoms with Gasteiger partial charge in [0.2, 0.25) is 0 Å². The van der Waals surface area contributed by atoms with Gasteiger partial charge in [-0.2, -0.15) is 0 Å². The van der Waals surface area contributed by atoms with Crippen LogP contribution in [0.5, 0.6) is 0 Å². The van der Waals surface area contributed by atoms with E-state index in [1.807, 2.05) is 0 Å². The zero-order valence-corrected chi connectivity index (χ0v) is 5.92. The summed E-state index contributed by atoms with van der Waals surface area (Å²) in [5, 5.41) is 3.30. The smallest absolute Gasteiger partial charge is 0.174 e. The number of piperazine rings is 1. The summed E-state index contributed by atoms with van der Waals surface area (Å²) in [6.07, 6.45) is 4.12. The first-order chi connectivity index (χ1) is 4.97. The van der Waals surface area contributed by atoms with Crippen molar-refractivity contribution in [3.8, 4) is 0 Å². The molecule has 1 atom stereocenters. The second-order valence-electron chi connectivity index (χ2n) is 2.64. The van der Waals surface area contributed by atoms with Gasteiger partial charge in [0.05, 0.1) is 6.26 Å². The maximum Gasteiger partial charge on any atom is 0.174 e. The van der Waals surface area contributed by atoms with E-state index >= 15 is 0 Å². The summed E-state index contributed by atoms with van der Waals surface area (Å²) >= 11 is 0. The van der Waals surface area contributed by atoms with Crippen molar-refractivity contribution in [2.75, 3.05) is 26.2 Å². The highest BCUT2D eigenvalue weighted by molar-refractivity contribution is 4.95. The van der Waals surface area contributed by atoms with Crippen molar-refractivity contribution in [3.05, 3.63) is 12.3 Å². The third-order valence-corrected chi connectivity index (χ3v) is 1.97. The highest BCUT2D eigenvalue weighted by atomic mass is 16.5. The first-order valence-electron chi connectivity index (χ1n) is 3.74. The molecule has 2 heterocycles. The van der Waals surface area contributed by atoms with Crippen LogP contribution >= 0.6 is 0 Å². The van der Waals surface area contributed by atoms with Gasteiger partial charge in [0.25, 0.3) is 0 Å². The van der Waals surface area contributed by atoms with Crippen LogP contribution in [-0.4, -0.2) is 37.3 Å². The van der Waals surface area contributed by atoms with E-state index in [2.05, 4.69) is 16.3 Å². The van der Waals surface area contributed by atoms with Gasteiger partial charge in [-0.3, -0.25) is 4.90 Å². The molecule has 1 N–H and O–H groups in total. The van der Waals surface area contributed by atoms with Crippen molar-refractivity contribution in [2.24, 2.45) is 0 Å².